The van der Waals surface area contributed by atoms with E-state index in [2.05, 4.69) is 24.8 Å². The van der Waals surface area contributed by atoms with Gasteiger partial charge in [0, 0.05) is 12.1 Å². The molecule has 1 fully saturated rings. The van der Waals surface area contributed by atoms with Crippen molar-refractivity contribution in [3.8, 4) is 6.07 Å². The van der Waals surface area contributed by atoms with Gasteiger partial charge in [-0.15, -0.1) is 0 Å². The molecule has 0 amide bonds. The average Bonchev–Trinajstić information content (AvgIpc) is 3.34. The minimum absolute atomic E-state index is 0.132. The van der Waals surface area contributed by atoms with Crippen molar-refractivity contribution in [1.82, 2.24) is 19.5 Å². The van der Waals surface area contributed by atoms with E-state index in [1.807, 2.05) is 6.07 Å². The SMILES string of the molecule is N#Cc1c(N)ncnc1NCc1nc2cc(F)ccc2n1C1CC1. The highest BCUT2D eigenvalue weighted by Gasteiger charge is 2.28. The summed E-state index contributed by atoms with van der Waals surface area (Å²) in [5, 5.41) is 12.3. The van der Waals surface area contributed by atoms with E-state index < -0.39 is 0 Å². The van der Waals surface area contributed by atoms with E-state index in [-0.39, 0.29) is 17.2 Å². The van der Waals surface area contributed by atoms with Crippen LogP contribution in [0.4, 0.5) is 16.0 Å². The fraction of sp³-hybridized carbons (Fsp3) is 0.250. The summed E-state index contributed by atoms with van der Waals surface area (Å²) >= 11 is 0. The Balaban J connectivity index is 1.69. The average molecular weight is 323 g/mol. The first-order valence-corrected chi connectivity index (χ1v) is 7.58. The molecule has 0 atom stereocenters. The number of nitrogens with one attached hydrogen (secondary N) is 1. The molecule has 0 saturated heterocycles. The van der Waals surface area contributed by atoms with Gasteiger partial charge in [0.05, 0.1) is 17.6 Å². The van der Waals surface area contributed by atoms with E-state index >= 15 is 0 Å². The highest BCUT2D eigenvalue weighted by molar-refractivity contribution is 5.76. The van der Waals surface area contributed by atoms with Crippen molar-refractivity contribution < 1.29 is 4.39 Å². The number of halogens is 1. The Hall–Kier alpha value is -3.21. The number of nitriles is 1. The molecule has 1 aliphatic rings. The molecule has 2 aromatic heterocycles. The highest BCUT2D eigenvalue weighted by Crippen LogP contribution is 2.39. The van der Waals surface area contributed by atoms with Crippen molar-refractivity contribution >= 4 is 22.7 Å². The largest absolute Gasteiger partial charge is 0.382 e. The van der Waals surface area contributed by atoms with Gasteiger partial charge in [0.25, 0.3) is 0 Å². The number of nitrogens with zero attached hydrogens (tertiary/aromatic N) is 5. The van der Waals surface area contributed by atoms with Crippen molar-refractivity contribution in [3.05, 3.63) is 41.7 Å². The van der Waals surface area contributed by atoms with E-state index in [1.54, 1.807) is 6.07 Å². The number of aromatic nitrogens is 4. The molecular formula is C16H14FN7. The molecular weight excluding hydrogens is 309 g/mol. The quantitative estimate of drug-likeness (QED) is 0.763. The number of imidazole rings is 1. The van der Waals surface area contributed by atoms with Crippen LogP contribution in [0.3, 0.4) is 0 Å². The van der Waals surface area contributed by atoms with Crippen LogP contribution in [0, 0.1) is 17.1 Å². The predicted octanol–water partition coefficient (Wildman–Crippen LogP) is 2.37. The van der Waals surface area contributed by atoms with E-state index in [4.69, 9.17) is 5.73 Å². The molecule has 0 aliphatic heterocycles. The standard InChI is InChI=1S/C16H14FN7/c17-9-1-4-13-12(5-9)23-14(24(13)10-2-3-10)7-20-16-11(6-18)15(19)21-8-22-16/h1,4-5,8,10H,2-3,7H2,(H3,19,20,21,22). The molecule has 7 nitrogen and oxygen atoms in total. The zero-order valence-corrected chi connectivity index (χ0v) is 12.7. The van der Waals surface area contributed by atoms with Crippen LogP contribution < -0.4 is 11.1 Å². The molecule has 0 unspecified atom stereocenters. The Bertz CT molecular complexity index is 968. The van der Waals surface area contributed by atoms with Gasteiger partial charge >= 0.3 is 0 Å². The van der Waals surface area contributed by atoms with Gasteiger partial charge in [-0.25, -0.2) is 19.3 Å². The van der Waals surface area contributed by atoms with Crippen molar-refractivity contribution in [3.63, 3.8) is 0 Å². The van der Waals surface area contributed by atoms with Crippen molar-refractivity contribution in [1.29, 1.82) is 5.26 Å². The fourth-order valence-corrected chi connectivity index (χ4v) is 2.79. The second-order valence-electron chi connectivity index (χ2n) is 5.71. The number of nitrogen functional groups attached to an aromatic ring is 1. The molecule has 2 heterocycles. The summed E-state index contributed by atoms with van der Waals surface area (Å²) in [6.07, 6.45) is 3.47. The molecule has 1 aromatic carbocycles. The molecule has 24 heavy (non-hydrogen) atoms. The lowest BCUT2D eigenvalue weighted by atomic mass is 10.3. The molecule has 120 valence electrons. The number of anilines is 2. The van der Waals surface area contributed by atoms with Gasteiger partial charge in [-0.2, -0.15) is 5.26 Å². The van der Waals surface area contributed by atoms with Crippen LogP contribution in [0.2, 0.25) is 0 Å². The van der Waals surface area contributed by atoms with Crippen LogP contribution in [-0.2, 0) is 6.54 Å². The maximum Gasteiger partial charge on any atom is 0.149 e. The van der Waals surface area contributed by atoms with Gasteiger partial charge in [-0.05, 0) is 25.0 Å². The summed E-state index contributed by atoms with van der Waals surface area (Å²) < 4.78 is 15.6. The predicted molar refractivity (Wildman–Crippen MR) is 86.4 cm³/mol. The van der Waals surface area contributed by atoms with Gasteiger partial charge in [0.2, 0.25) is 0 Å². The first kappa shape index (κ1) is 14.4. The summed E-state index contributed by atoms with van der Waals surface area (Å²) in [7, 11) is 0. The van der Waals surface area contributed by atoms with Gasteiger partial charge in [0.1, 0.15) is 41.2 Å². The van der Waals surface area contributed by atoms with Gasteiger partial charge in [0.15, 0.2) is 0 Å². The topological polar surface area (TPSA) is 105 Å². The number of benzene rings is 1. The third kappa shape index (κ3) is 2.40. The maximum absolute atomic E-state index is 13.5. The molecule has 8 heteroatoms. The molecule has 0 bridgehead atoms. The van der Waals surface area contributed by atoms with Gasteiger partial charge in [-0.1, -0.05) is 0 Å². The van der Waals surface area contributed by atoms with Crippen LogP contribution in [-0.4, -0.2) is 19.5 Å². The number of nitrogens with two attached hydrogens (primary N) is 1. The lowest BCUT2D eigenvalue weighted by molar-refractivity contribution is 0.629. The zero-order valence-electron chi connectivity index (χ0n) is 12.7. The fourth-order valence-electron chi connectivity index (χ4n) is 2.79. The minimum Gasteiger partial charge on any atom is -0.382 e. The van der Waals surface area contributed by atoms with E-state index in [1.165, 1.54) is 18.5 Å². The summed E-state index contributed by atoms with van der Waals surface area (Å²) in [5.74, 6) is 0.968. The van der Waals surface area contributed by atoms with Crippen molar-refractivity contribution in [2.24, 2.45) is 0 Å². The van der Waals surface area contributed by atoms with E-state index in [0.29, 0.717) is 23.9 Å². The second-order valence-corrected chi connectivity index (χ2v) is 5.71. The molecule has 1 aliphatic carbocycles. The van der Waals surface area contributed by atoms with Crippen molar-refractivity contribution in [2.45, 2.75) is 25.4 Å². The first-order chi connectivity index (χ1) is 11.7. The van der Waals surface area contributed by atoms with E-state index in [0.717, 1.165) is 24.2 Å². The first-order valence-electron chi connectivity index (χ1n) is 7.58. The summed E-state index contributed by atoms with van der Waals surface area (Å²) in [5.41, 5.74) is 7.44. The Labute approximate surface area is 137 Å². The van der Waals surface area contributed by atoms with Crippen LogP contribution in [0.1, 0.15) is 30.3 Å². The Morgan fingerprint density at radius 1 is 1.38 bits per heavy atom. The monoisotopic (exact) mass is 323 g/mol. The Morgan fingerprint density at radius 2 is 2.21 bits per heavy atom. The number of hydrogen-bond donors (Lipinski definition) is 2. The Morgan fingerprint density at radius 3 is 2.96 bits per heavy atom. The second kappa shape index (κ2) is 5.45. The molecule has 1 saturated carbocycles. The lowest BCUT2D eigenvalue weighted by Gasteiger charge is -2.10. The summed E-state index contributed by atoms with van der Waals surface area (Å²) in [6, 6.07) is 7.01. The summed E-state index contributed by atoms with van der Waals surface area (Å²) in [6.45, 7) is 0.359. The normalized spacial score (nSPS) is 13.8. The summed E-state index contributed by atoms with van der Waals surface area (Å²) in [4.78, 5) is 12.4. The maximum atomic E-state index is 13.5. The van der Waals surface area contributed by atoms with Crippen molar-refractivity contribution in [2.75, 3.05) is 11.1 Å². The number of rotatable bonds is 4. The Kier molecular flexibility index (Phi) is 3.27. The van der Waals surface area contributed by atoms with Crippen LogP contribution in [0.15, 0.2) is 24.5 Å². The number of fused-ring (bicyclic) bond motifs is 1. The smallest absolute Gasteiger partial charge is 0.149 e. The molecule has 3 aromatic rings. The number of hydrogen-bond acceptors (Lipinski definition) is 6. The van der Waals surface area contributed by atoms with Gasteiger partial charge in [-0.3, -0.25) is 0 Å². The molecule has 0 spiro atoms. The molecule has 3 N–H and O–H groups in total. The highest BCUT2D eigenvalue weighted by atomic mass is 19.1. The van der Waals surface area contributed by atoms with Crippen LogP contribution >= 0.6 is 0 Å². The third-order valence-electron chi connectivity index (χ3n) is 4.04. The van der Waals surface area contributed by atoms with Gasteiger partial charge < -0.3 is 15.6 Å². The van der Waals surface area contributed by atoms with E-state index in [9.17, 15) is 9.65 Å². The molecule has 0 radical (unpaired) electrons. The van der Waals surface area contributed by atoms with Crippen LogP contribution in [0.5, 0.6) is 0 Å². The minimum atomic E-state index is -0.308. The zero-order chi connectivity index (χ0) is 16.7. The third-order valence-corrected chi connectivity index (χ3v) is 4.04. The molecule has 4 rings (SSSR count). The lowest BCUT2D eigenvalue weighted by Crippen LogP contribution is -2.11. The van der Waals surface area contributed by atoms with Crippen LogP contribution in [0.25, 0.3) is 11.0 Å².